The highest BCUT2D eigenvalue weighted by molar-refractivity contribution is 7.10. The van der Waals surface area contributed by atoms with E-state index < -0.39 is 0 Å². The van der Waals surface area contributed by atoms with Crippen molar-refractivity contribution in [3.05, 3.63) is 28.0 Å². The molecule has 14 heavy (non-hydrogen) atoms. The van der Waals surface area contributed by atoms with Crippen molar-refractivity contribution in [2.45, 2.75) is 38.0 Å². The van der Waals surface area contributed by atoms with E-state index in [9.17, 15) is 0 Å². The molecule has 0 aromatic carbocycles. The average Bonchev–Trinajstić information content (AvgIpc) is 2.45. The molecule has 1 aliphatic carbocycles. The Bertz CT molecular complexity index is 338. The minimum Gasteiger partial charge on any atom is -0.149 e. The highest BCUT2D eigenvalue weighted by Gasteiger charge is 2.12. The molecule has 0 nitrogen and oxygen atoms in total. The molecule has 1 unspecified atom stereocenters. The van der Waals surface area contributed by atoms with Crippen molar-refractivity contribution in [2.24, 2.45) is 0 Å². The van der Waals surface area contributed by atoms with Gasteiger partial charge in [-0.05, 0) is 48.8 Å². The van der Waals surface area contributed by atoms with Crippen LogP contribution < -0.4 is 0 Å². The van der Waals surface area contributed by atoms with Crippen LogP contribution in [0.5, 0.6) is 0 Å². The largest absolute Gasteiger partial charge is 0.149 e. The fraction of sp³-hybridized carbons (Fsp3) is 0.500. The number of aryl methyl sites for hydroxylation is 1. The molecule has 2 rings (SSSR count). The lowest BCUT2D eigenvalue weighted by atomic mass is 10.0. The van der Waals surface area contributed by atoms with Crippen LogP contribution in [0.4, 0.5) is 0 Å². The van der Waals surface area contributed by atoms with Gasteiger partial charge in [-0.15, -0.1) is 22.9 Å². The lowest BCUT2D eigenvalue weighted by molar-refractivity contribution is 0.724. The van der Waals surface area contributed by atoms with Gasteiger partial charge >= 0.3 is 0 Å². The van der Waals surface area contributed by atoms with Crippen molar-refractivity contribution in [3.8, 4) is 0 Å². The number of alkyl halides is 1. The molecule has 0 saturated heterocycles. The maximum atomic E-state index is 6.21. The summed E-state index contributed by atoms with van der Waals surface area (Å²) in [6.45, 7) is 2.19. The van der Waals surface area contributed by atoms with E-state index in [1.54, 1.807) is 0 Å². The smallest absolute Gasteiger partial charge is 0.0521 e. The zero-order valence-corrected chi connectivity index (χ0v) is 10.00. The number of allylic oxidation sites excluding steroid dienone is 2. The Hall–Kier alpha value is -0.270. The van der Waals surface area contributed by atoms with Crippen molar-refractivity contribution >= 4 is 28.5 Å². The van der Waals surface area contributed by atoms with E-state index in [4.69, 9.17) is 11.6 Å². The van der Waals surface area contributed by atoms with Crippen LogP contribution in [-0.2, 0) is 0 Å². The van der Waals surface area contributed by atoms with Gasteiger partial charge in [-0.2, -0.15) is 0 Å². The van der Waals surface area contributed by atoms with E-state index >= 15 is 0 Å². The third kappa shape index (κ3) is 2.21. The van der Waals surface area contributed by atoms with Crippen LogP contribution >= 0.6 is 22.9 Å². The molecule has 1 aromatic rings. The van der Waals surface area contributed by atoms with Gasteiger partial charge in [0.1, 0.15) is 0 Å². The van der Waals surface area contributed by atoms with Crippen LogP contribution in [0.3, 0.4) is 0 Å². The van der Waals surface area contributed by atoms with E-state index in [0.717, 1.165) is 6.42 Å². The Morgan fingerprint density at radius 2 is 2.29 bits per heavy atom. The van der Waals surface area contributed by atoms with Crippen LogP contribution in [0.1, 0.15) is 36.1 Å². The topological polar surface area (TPSA) is 0 Å². The van der Waals surface area contributed by atoms with E-state index in [1.165, 1.54) is 35.3 Å². The molecule has 1 aliphatic rings. The lowest BCUT2D eigenvalue weighted by Gasteiger charge is -2.05. The molecule has 0 spiro atoms. The molecule has 1 heterocycles. The summed E-state index contributed by atoms with van der Waals surface area (Å²) in [7, 11) is 0. The van der Waals surface area contributed by atoms with Gasteiger partial charge < -0.3 is 0 Å². The van der Waals surface area contributed by atoms with E-state index in [-0.39, 0.29) is 5.38 Å². The monoisotopic (exact) mass is 226 g/mol. The Labute approximate surface area is 94.6 Å². The molecule has 0 N–H and O–H groups in total. The zero-order valence-electron chi connectivity index (χ0n) is 8.42. The number of hydrogen-bond donors (Lipinski definition) is 0. The van der Waals surface area contributed by atoms with Crippen molar-refractivity contribution in [1.29, 1.82) is 0 Å². The van der Waals surface area contributed by atoms with Gasteiger partial charge in [0.05, 0.1) is 5.38 Å². The Kier molecular flexibility index (Phi) is 3.30. The zero-order chi connectivity index (χ0) is 9.97. The number of halogens is 1. The van der Waals surface area contributed by atoms with Gasteiger partial charge in [0.15, 0.2) is 0 Å². The number of hydrogen-bond acceptors (Lipinski definition) is 1. The number of rotatable bonds is 1. The summed E-state index contributed by atoms with van der Waals surface area (Å²) in [6.07, 6.45) is 7.13. The Balaban J connectivity index is 2.28. The standard InChI is InChI=1S/C12H15ClS/c1-9-12(6-7-14-9)10-4-2-3-5-11(13)8-10/h6-8,11H,2-5H2,1H3. The van der Waals surface area contributed by atoms with Crippen molar-refractivity contribution in [1.82, 2.24) is 0 Å². The maximum absolute atomic E-state index is 6.21. The second-order valence-corrected chi connectivity index (χ2v) is 5.52. The van der Waals surface area contributed by atoms with Crippen LogP contribution in [0, 0.1) is 6.92 Å². The van der Waals surface area contributed by atoms with Gasteiger partial charge in [-0.25, -0.2) is 0 Å². The highest BCUT2D eigenvalue weighted by Crippen LogP contribution is 2.31. The fourth-order valence-corrected chi connectivity index (χ4v) is 3.02. The minimum absolute atomic E-state index is 0.242. The van der Waals surface area contributed by atoms with Gasteiger partial charge in [-0.1, -0.05) is 12.5 Å². The second-order valence-electron chi connectivity index (χ2n) is 3.84. The summed E-state index contributed by atoms with van der Waals surface area (Å²) in [5.41, 5.74) is 2.88. The minimum atomic E-state index is 0.242. The van der Waals surface area contributed by atoms with Crippen molar-refractivity contribution in [2.75, 3.05) is 0 Å². The van der Waals surface area contributed by atoms with E-state index in [2.05, 4.69) is 24.4 Å². The SMILES string of the molecule is Cc1sccc1C1=CC(Cl)CCCC1. The van der Waals surface area contributed by atoms with E-state index in [1.807, 2.05) is 11.3 Å². The summed E-state index contributed by atoms with van der Waals surface area (Å²) in [4.78, 5) is 1.42. The molecule has 0 fully saturated rings. The molecule has 0 amide bonds. The summed E-state index contributed by atoms with van der Waals surface area (Å²) < 4.78 is 0. The molecule has 0 bridgehead atoms. The van der Waals surface area contributed by atoms with Gasteiger partial charge in [0, 0.05) is 4.88 Å². The maximum Gasteiger partial charge on any atom is 0.0521 e. The Morgan fingerprint density at radius 1 is 1.43 bits per heavy atom. The second kappa shape index (κ2) is 4.50. The van der Waals surface area contributed by atoms with Gasteiger partial charge in [0.25, 0.3) is 0 Å². The first-order chi connectivity index (χ1) is 6.77. The predicted octanol–water partition coefficient (Wildman–Crippen LogP) is 4.62. The lowest BCUT2D eigenvalue weighted by Crippen LogP contribution is -1.91. The summed E-state index contributed by atoms with van der Waals surface area (Å²) in [5, 5.41) is 2.41. The first kappa shape index (κ1) is 10.3. The van der Waals surface area contributed by atoms with Crippen LogP contribution in [0.15, 0.2) is 17.5 Å². The van der Waals surface area contributed by atoms with Crippen LogP contribution in [-0.4, -0.2) is 5.38 Å². The summed E-state index contributed by atoms with van der Waals surface area (Å²) >= 11 is 8.03. The predicted molar refractivity (Wildman–Crippen MR) is 65.1 cm³/mol. The summed E-state index contributed by atoms with van der Waals surface area (Å²) in [6, 6.07) is 2.22. The molecular weight excluding hydrogens is 212 g/mol. The normalized spacial score (nSPS) is 23.0. The fourth-order valence-electron chi connectivity index (χ4n) is 1.98. The Morgan fingerprint density at radius 3 is 3.00 bits per heavy atom. The van der Waals surface area contributed by atoms with E-state index in [0.29, 0.717) is 0 Å². The van der Waals surface area contributed by atoms with Crippen LogP contribution in [0.25, 0.3) is 5.57 Å². The first-order valence-corrected chi connectivity index (χ1v) is 6.48. The first-order valence-electron chi connectivity index (χ1n) is 5.16. The molecule has 1 atom stereocenters. The molecule has 0 saturated carbocycles. The molecule has 0 aliphatic heterocycles. The quantitative estimate of drug-likeness (QED) is 0.613. The van der Waals surface area contributed by atoms with Crippen molar-refractivity contribution in [3.63, 3.8) is 0 Å². The molecule has 76 valence electrons. The third-order valence-electron chi connectivity index (χ3n) is 2.76. The average molecular weight is 227 g/mol. The molecule has 2 heteroatoms. The van der Waals surface area contributed by atoms with Crippen LogP contribution in [0.2, 0.25) is 0 Å². The third-order valence-corrected chi connectivity index (χ3v) is 3.95. The van der Waals surface area contributed by atoms with Gasteiger partial charge in [-0.3, -0.25) is 0 Å². The molecule has 0 radical (unpaired) electrons. The van der Waals surface area contributed by atoms with Gasteiger partial charge in [0.2, 0.25) is 0 Å². The highest BCUT2D eigenvalue weighted by atomic mass is 35.5. The summed E-state index contributed by atoms with van der Waals surface area (Å²) in [5.74, 6) is 0. The molecule has 1 aromatic heterocycles. The molecular formula is C12H15ClS. The number of thiophene rings is 1. The van der Waals surface area contributed by atoms with Crippen molar-refractivity contribution < 1.29 is 0 Å².